The maximum Gasteiger partial charge on any atom is 0.243 e. The summed E-state index contributed by atoms with van der Waals surface area (Å²) in [6.07, 6.45) is 6.91. The van der Waals surface area contributed by atoms with Crippen LogP contribution in [0.25, 0.3) is 5.57 Å². The van der Waals surface area contributed by atoms with E-state index in [0.717, 1.165) is 23.1 Å². The first-order valence-electron chi connectivity index (χ1n) is 10.2. The second-order valence-electron chi connectivity index (χ2n) is 7.87. The monoisotopic (exact) mass is 395 g/mol. The van der Waals surface area contributed by atoms with Crippen molar-refractivity contribution in [1.82, 2.24) is 10.2 Å². The maximum absolute atomic E-state index is 12.9. The molecular weight excluding hydrogens is 362 g/mol. The largest absolute Gasteiger partial charge is 0.348 e. The second kappa shape index (κ2) is 10.2. The van der Waals surface area contributed by atoms with Crippen LogP contribution in [-0.2, 0) is 9.59 Å². The van der Waals surface area contributed by atoms with Crippen molar-refractivity contribution in [2.45, 2.75) is 51.7 Å². The number of nitrogens with one attached hydrogen (secondary N) is 1. The summed E-state index contributed by atoms with van der Waals surface area (Å²) >= 11 is 0. The summed E-state index contributed by atoms with van der Waals surface area (Å²) in [6, 6.07) is 6.81. The van der Waals surface area contributed by atoms with Crippen molar-refractivity contribution in [1.29, 1.82) is 0 Å². The standard InChI is InChI=1S/C24H33N3O2/c1-6-9-18(7-2)20-13-11-19(12-14-20)17(5)26-23(28)21-10-8-15-27(21)24(29)22(25)16(3)4/h6-7,9,11-14,16-17,21-22H,1-2,8,10,15,25H2,3-5H3,(H,26,28)/b18-9+. The number of allylic oxidation sites excluding steroid dienone is 4. The van der Waals surface area contributed by atoms with E-state index in [9.17, 15) is 9.59 Å². The molecule has 3 unspecified atom stereocenters. The Bertz CT molecular complexity index is 780. The van der Waals surface area contributed by atoms with Crippen LogP contribution in [0.1, 0.15) is 50.8 Å². The summed E-state index contributed by atoms with van der Waals surface area (Å²) in [6.45, 7) is 13.9. The Hall–Kier alpha value is -2.66. The first kappa shape index (κ1) is 22.6. The highest BCUT2D eigenvalue weighted by Crippen LogP contribution is 2.23. The molecule has 2 amide bonds. The molecule has 1 fully saturated rings. The lowest BCUT2D eigenvalue weighted by Crippen LogP contribution is -2.52. The third-order valence-corrected chi connectivity index (χ3v) is 5.46. The van der Waals surface area contributed by atoms with Crippen LogP contribution in [0.15, 0.2) is 55.7 Å². The van der Waals surface area contributed by atoms with Crippen LogP contribution in [0.2, 0.25) is 0 Å². The highest BCUT2D eigenvalue weighted by atomic mass is 16.2. The van der Waals surface area contributed by atoms with E-state index >= 15 is 0 Å². The zero-order valence-electron chi connectivity index (χ0n) is 17.7. The molecule has 1 aromatic rings. The van der Waals surface area contributed by atoms with Gasteiger partial charge in [-0.1, -0.05) is 69.5 Å². The maximum atomic E-state index is 12.9. The van der Waals surface area contributed by atoms with E-state index in [-0.39, 0.29) is 23.8 Å². The lowest BCUT2D eigenvalue weighted by Gasteiger charge is -2.29. The van der Waals surface area contributed by atoms with Crippen LogP contribution in [0.5, 0.6) is 0 Å². The van der Waals surface area contributed by atoms with E-state index in [1.165, 1.54) is 0 Å². The van der Waals surface area contributed by atoms with Crippen LogP contribution >= 0.6 is 0 Å². The van der Waals surface area contributed by atoms with Gasteiger partial charge in [0, 0.05) is 6.54 Å². The molecule has 1 aromatic carbocycles. The Labute approximate surface area is 174 Å². The first-order chi connectivity index (χ1) is 13.8. The fraction of sp³-hybridized carbons (Fsp3) is 0.417. The smallest absolute Gasteiger partial charge is 0.243 e. The fourth-order valence-electron chi connectivity index (χ4n) is 3.55. The minimum absolute atomic E-state index is 0.0415. The van der Waals surface area contributed by atoms with E-state index in [1.807, 2.05) is 51.1 Å². The third kappa shape index (κ3) is 5.45. The molecule has 1 aliphatic heterocycles. The predicted octanol–water partition coefficient (Wildman–Crippen LogP) is 3.59. The highest BCUT2D eigenvalue weighted by molar-refractivity contribution is 5.90. The predicted molar refractivity (Wildman–Crippen MR) is 119 cm³/mol. The number of carbonyl (C=O) groups excluding carboxylic acids is 2. The van der Waals surface area contributed by atoms with Crippen LogP contribution in [0, 0.1) is 5.92 Å². The molecule has 2 rings (SSSR count). The summed E-state index contributed by atoms with van der Waals surface area (Å²) in [4.78, 5) is 27.1. The van der Waals surface area contributed by atoms with E-state index in [2.05, 4.69) is 18.5 Å². The highest BCUT2D eigenvalue weighted by Gasteiger charge is 2.37. The van der Waals surface area contributed by atoms with Gasteiger partial charge < -0.3 is 16.0 Å². The normalized spacial score (nSPS) is 19.0. The first-order valence-corrected chi connectivity index (χ1v) is 10.2. The van der Waals surface area contributed by atoms with E-state index in [4.69, 9.17) is 5.73 Å². The Morgan fingerprint density at radius 2 is 1.86 bits per heavy atom. The van der Waals surface area contributed by atoms with Gasteiger partial charge in [-0.2, -0.15) is 0 Å². The summed E-state index contributed by atoms with van der Waals surface area (Å²) in [5.74, 6) is -0.220. The van der Waals surface area contributed by atoms with Gasteiger partial charge in [0.2, 0.25) is 11.8 Å². The molecular formula is C24H33N3O2. The molecule has 1 heterocycles. The average Bonchev–Trinajstić information content (AvgIpc) is 3.21. The zero-order valence-corrected chi connectivity index (χ0v) is 17.7. The van der Waals surface area contributed by atoms with Crippen LogP contribution in [-0.4, -0.2) is 35.3 Å². The molecule has 29 heavy (non-hydrogen) atoms. The number of carbonyl (C=O) groups is 2. The van der Waals surface area contributed by atoms with Crippen molar-refractivity contribution >= 4 is 17.4 Å². The lowest BCUT2D eigenvalue weighted by atomic mass is 10.0. The molecule has 3 atom stereocenters. The molecule has 0 saturated carbocycles. The number of likely N-dealkylation sites (tertiary alicyclic amines) is 1. The van der Waals surface area contributed by atoms with Gasteiger partial charge in [-0.3, -0.25) is 9.59 Å². The van der Waals surface area contributed by atoms with E-state index in [1.54, 1.807) is 17.1 Å². The van der Waals surface area contributed by atoms with Crippen molar-refractivity contribution in [3.05, 3.63) is 66.8 Å². The zero-order chi connectivity index (χ0) is 21.6. The van der Waals surface area contributed by atoms with Crippen molar-refractivity contribution in [3.8, 4) is 0 Å². The summed E-state index contributed by atoms with van der Waals surface area (Å²) in [7, 11) is 0. The van der Waals surface area contributed by atoms with E-state index in [0.29, 0.717) is 13.0 Å². The molecule has 0 radical (unpaired) electrons. The average molecular weight is 396 g/mol. The number of rotatable bonds is 8. The number of amides is 2. The number of nitrogens with zero attached hydrogens (tertiary/aromatic N) is 1. The minimum Gasteiger partial charge on any atom is -0.348 e. The topological polar surface area (TPSA) is 75.4 Å². The molecule has 1 aliphatic rings. The molecule has 0 bridgehead atoms. The van der Waals surface area contributed by atoms with Crippen LogP contribution in [0.3, 0.4) is 0 Å². The summed E-state index contributed by atoms with van der Waals surface area (Å²) in [5.41, 5.74) is 9.05. The Balaban J connectivity index is 2.06. The van der Waals surface area contributed by atoms with Gasteiger partial charge in [0.1, 0.15) is 6.04 Å². The summed E-state index contributed by atoms with van der Waals surface area (Å²) in [5, 5.41) is 3.05. The summed E-state index contributed by atoms with van der Waals surface area (Å²) < 4.78 is 0. The van der Waals surface area contributed by atoms with E-state index < -0.39 is 12.1 Å². The van der Waals surface area contributed by atoms with Gasteiger partial charge in [-0.05, 0) is 42.4 Å². The minimum atomic E-state index is -0.573. The molecule has 1 saturated heterocycles. The van der Waals surface area contributed by atoms with Crippen molar-refractivity contribution < 1.29 is 9.59 Å². The lowest BCUT2D eigenvalue weighted by molar-refractivity contribution is -0.140. The number of benzene rings is 1. The second-order valence-corrected chi connectivity index (χ2v) is 7.87. The molecule has 0 aromatic heterocycles. The molecule has 5 nitrogen and oxygen atoms in total. The molecule has 156 valence electrons. The molecule has 0 aliphatic carbocycles. The Kier molecular flexibility index (Phi) is 7.97. The molecule has 3 N–H and O–H groups in total. The molecule has 5 heteroatoms. The Morgan fingerprint density at radius 1 is 1.21 bits per heavy atom. The van der Waals surface area contributed by atoms with Crippen LogP contribution < -0.4 is 11.1 Å². The van der Waals surface area contributed by atoms with Gasteiger partial charge >= 0.3 is 0 Å². The van der Waals surface area contributed by atoms with Gasteiger partial charge in [0.05, 0.1) is 12.1 Å². The fourth-order valence-corrected chi connectivity index (χ4v) is 3.55. The van der Waals surface area contributed by atoms with Crippen molar-refractivity contribution in [3.63, 3.8) is 0 Å². The van der Waals surface area contributed by atoms with Crippen molar-refractivity contribution in [2.24, 2.45) is 11.7 Å². The van der Waals surface area contributed by atoms with Gasteiger partial charge in [-0.25, -0.2) is 0 Å². The SMILES string of the molecule is C=C/C=C(\C=C)c1ccc(C(C)NC(=O)C2CCCN2C(=O)C(N)C(C)C)cc1. The number of nitrogens with two attached hydrogens (primary N) is 1. The quantitative estimate of drug-likeness (QED) is 0.661. The number of hydrogen-bond donors (Lipinski definition) is 2. The van der Waals surface area contributed by atoms with Gasteiger partial charge in [0.15, 0.2) is 0 Å². The number of hydrogen-bond acceptors (Lipinski definition) is 3. The third-order valence-electron chi connectivity index (χ3n) is 5.46. The Morgan fingerprint density at radius 3 is 2.41 bits per heavy atom. The van der Waals surface area contributed by atoms with Gasteiger partial charge in [0.25, 0.3) is 0 Å². The van der Waals surface area contributed by atoms with Gasteiger partial charge in [-0.15, -0.1) is 0 Å². The molecule has 0 spiro atoms. The van der Waals surface area contributed by atoms with Crippen LogP contribution in [0.4, 0.5) is 0 Å². The van der Waals surface area contributed by atoms with Crippen molar-refractivity contribution in [2.75, 3.05) is 6.54 Å².